The number of nitrogens with one attached hydrogen (secondary N) is 1. The topological polar surface area (TPSA) is 95.3 Å². The second kappa shape index (κ2) is 8.54. The van der Waals surface area contributed by atoms with Crippen LogP contribution in [0.1, 0.15) is 31.3 Å². The van der Waals surface area contributed by atoms with E-state index in [-0.39, 0.29) is 22.9 Å². The van der Waals surface area contributed by atoms with Crippen LogP contribution in [-0.4, -0.2) is 16.9 Å². The molecule has 0 saturated carbocycles. The highest BCUT2D eigenvalue weighted by Crippen LogP contribution is 2.41. The average molecular weight is 482 g/mol. The van der Waals surface area contributed by atoms with Crippen LogP contribution in [-0.2, 0) is 0 Å². The Hall–Kier alpha value is -3.35. The number of nitrogens with zero attached hydrogens (tertiary/aromatic N) is 1. The molecule has 2 heterocycles. The maximum atomic E-state index is 13.0. The van der Waals surface area contributed by atoms with E-state index in [4.69, 9.17) is 27.6 Å². The SMILES string of the molecule is CC(C)(C)C(=O)c1oc2nc(-c3ccccc3Cl)c(-c3ccc(Cl)cc3)cc2c1NC(=O)[O-]. The van der Waals surface area contributed by atoms with Crippen molar-refractivity contribution in [1.29, 1.82) is 0 Å². The molecule has 0 fully saturated rings. The molecule has 0 aliphatic carbocycles. The van der Waals surface area contributed by atoms with Crippen LogP contribution in [0.5, 0.6) is 0 Å². The fourth-order valence-electron chi connectivity index (χ4n) is 3.46. The number of amides is 1. The zero-order valence-electron chi connectivity index (χ0n) is 18.0. The summed E-state index contributed by atoms with van der Waals surface area (Å²) < 4.78 is 5.82. The number of ketones is 1. The number of benzene rings is 2. The number of aromatic nitrogens is 1. The molecule has 0 radical (unpaired) electrons. The van der Waals surface area contributed by atoms with Gasteiger partial charge in [-0.05, 0) is 29.8 Å². The summed E-state index contributed by atoms with van der Waals surface area (Å²) in [5.74, 6) is -0.510. The first-order valence-electron chi connectivity index (χ1n) is 10.1. The maximum absolute atomic E-state index is 13.0. The average Bonchev–Trinajstić information content (AvgIpc) is 3.09. The lowest BCUT2D eigenvalue weighted by atomic mass is 9.89. The maximum Gasteiger partial charge on any atom is 0.229 e. The van der Waals surface area contributed by atoms with E-state index in [1.807, 2.05) is 24.3 Å². The minimum atomic E-state index is -1.57. The van der Waals surface area contributed by atoms with Gasteiger partial charge in [0.2, 0.25) is 11.5 Å². The van der Waals surface area contributed by atoms with Crippen molar-refractivity contribution in [3.05, 3.63) is 70.4 Å². The summed E-state index contributed by atoms with van der Waals surface area (Å²) in [6, 6.07) is 16.0. The molecule has 0 aliphatic heterocycles. The highest BCUT2D eigenvalue weighted by molar-refractivity contribution is 6.33. The van der Waals surface area contributed by atoms with E-state index in [1.165, 1.54) is 0 Å². The number of pyridine rings is 1. The van der Waals surface area contributed by atoms with Gasteiger partial charge in [0.25, 0.3) is 0 Å². The van der Waals surface area contributed by atoms with Crippen LogP contribution in [0.3, 0.4) is 0 Å². The molecule has 0 atom stereocenters. The summed E-state index contributed by atoms with van der Waals surface area (Å²) in [7, 11) is 0. The van der Waals surface area contributed by atoms with Crippen molar-refractivity contribution in [2.24, 2.45) is 5.41 Å². The summed E-state index contributed by atoms with van der Waals surface area (Å²) in [5, 5.41) is 15.0. The predicted molar refractivity (Wildman–Crippen MR) is 128 cm³/mol. The summed E-state index contributed by atoms with van der Waals surface area (Å²) in [6.07, 6.45) is -1.57. The Balaban J connectivity index is 2.08. The Kier molecular flexibility index (Phi) is 5.91. The fraction of sp³-hybridized carbons (Fsp3) is 0.160. The first kappa shape index (κ1) is 22.8. The summed E-state index contributed by atoms with van der Waals surface area (Å²) >= 11 is 12.5. The molecule has 0 saturated heterocycles. The van der Waals surface area contributed by atoms with Crippen molar-refractivity contribution in [1.82, 2.24) is 4.98 Å². The lowest BCUT2D eigenvalue weighted by Gasteiger charge is -2.16. The molecule has 168 valence electrons. The van der Waals surface area contributed by atoms with Gasteiger partial charge in [-0.15, -0.1) is 0 Å². The van der Waals surface area contributed by atoms with E-state index in [2.05, 4.69) is 10.3 Å². The van der Waals surface area contributed by atoms with Crippen LogP contribution >= 0.6 is 23.2 Å². The van der Waals surface area contributed by atoms with Crippen LogP contribution in [0, 0.1) is 5.41 Å². The van der Waals surface area contributed by atoms with Crippen molar-refractivity contribution < 1.29 is 19.1 Å². The molecule has 8 heteroatoms. The Morgan fingerprint density at radius 3 is 2.27 bits per heavy atom. The fourth-order valence-corrected chi connectivity index (χ4v) is 3.81. The number of halogens is 2. The summed E-state index contributed by atoms with van der Waals surface area (Å²) in [6.45, 7) is 5.15. The van der Waals surface area contributed by atoms with E-state index < -0.39 is 11.5 Å². The smallest absolute Gasteiger partial charge is 0.229 e. The van der Waals surface area contributed by atoms with Gasteiger partial charge < -0.3 is 19.6 Å². The predicted octanol–water partition coefficient (Wildman–Crippen LogP) is 6.45. The first-order chi connectivity index (χ1) is 15.6. The van der Waals surface area contributed by atoms with Crippen molar-refractivity contribution in [2.75, 3.05) is 5.32 Å². The molecular formula is C25H19Cl2N2O4-. The Bertz CT molecular complexity index is 1390. The zero-order chi connectivity index (χ0) is 23.9. The van der Waals surface area contributed by atoms with Gasteiger partial charge in [0.1, 0.15) is 6.09 Å². The number of Topliss-reactive ketones (excluding diaryl/α,β-unsaturated/α-hetero) is 1. The second-order valence-electron chi connectivity index (χ2n) is 8.52. The quantitative estimate of drug-likeness (QED) is 0.337. The monoisotopic (exact) mass is 481 g/mol. The van der Waals surface area contributed by atoms with Crippen LogP contribution < -0.4 is 10.4 Å². The van der Waals surface area contributed by atoms with Crippen molar-refractivity contribution >= 4 is 51.9 Å². The lowest BCUT2D eigenvalue weighted by Crippen LogP contribution is -2.30. The molecule has 0 spiro atoms. The van der Waals surface area contributed by atoms with Gasteiger partial charge in [-0.1, -0.05) is 74.3 Å². The van der Waals surface area contributed by atoms with E-state index in [1.54, 1.807) is 51.1 Å². The first-order valence-corrected chi connectivity index (χ1v) is 10.8. The third-order valence-electron chi connectivity index (χ3n) is 5.08. The Morgan fingerprint density at radius 1 is 1.00 bits per heavy atom. The number of carboxylic acid groups (broad SMARTS) is 1. The molecule has 2 aromatic heterocycles. The normalized spacial score (nSPS) is 11.5. The van der Waals surface area contributed by atoms with Gasteiger partial charge in [-0.2, -0.15) is 0 Å². The molecule has 1 amide bonds. The van der Waals surface area contributed by atoms with Crippen molar-refractivity contribution in [2.45, 2.75) is 20.8 Å². The van der Waals surface area contributed by atoms with Crippen molar-refractivity contribution in [3.63, 3.8) is 0 Å². The van der Waals surface area contributed by atoms with Crippen LogP contribution in [0.15, 0.2) is 59.0 Å². The molecular weight excluding hydrogens is 463 g/mol. The third-order valence-corrected chi connectivity index (χ3v) is 5.66. The number of hydrogen-bond acceptors (Lipinski definition) is 5. The minimum absolute atomic E-state index is 0.00153. The number of hydrogen-bond donors (Lipinski definition) is 1. The van der Waals surface area contributed by atoms with E-state index >= 15 is 0 Å². The van der Waals surface area contributed by atoms with Crippen LogP contribution in [0.4, 0.5) is 10.5 Å². The van der Waals surface area contributed by atoms with Crippen molar-refractivity contribution in [3.8, 4) is 22.4 Å². The summed E-state index contributed by atoms with van der Waals surface area (Å²) in [4.78, 5) is 29.1. The lowest BCUT2D eigenvalue weighted by molar-refractivity contribution is -0.242. The number of rotatable bonds is 4. The molecule has 4 rings (SSSR count). The molecule has 4 aromatic rings. The van der Waals surface area contributed by atoms with E-state index in [9.17, 15) is 14.7 Å². The van der Waals surface area contributed by atoms with Gasteiger partial charge in [0.05, 0.1) is 16.8 Å². The Morgan fingerprint density at radius 2 is 1.67 bits per heavy atom. The molecule has 33 heavy (non-hydrogen) atoms. The number of carbonyl (C=O) groups excluding carboxylic acids is 2. The number of carbonyl (C=O) groups is 2. The van der Waals surface area contributed by atoms with Crippen LogP contribution in [0.2, 0.25) is 10.0 Å². The number of fused-ring (bicyclic) bond motifs is 1. The van der Waals surface area contributed by atoms with Gasteiger partial charge in [0.15, 0.2) is 5.76 Å². The number of furan rings is 1. The highest BCUT2D eigenvalue weighted by atomic mass is 35.5. The second-order valence-corrected chi connectivity index (χ2v) is 9.37. The molecule has 1 N–H and O–H groups in total. The standard InChI is InChI=1S/C25H20Cl2N2O4/c1-25(2,3)22(30)21-20(29-24(31)32)17-12-16(13-8-10-14(26)11-9-13)19(28-23(17)33-21)15-6-4-5-7-18(15)27/h4-12,29H,1-3H3,(H,31,32)/p-1. The molecule has 0 aliphatic rings. The van der Waals surface area contributed by atoms with Gasteiger partial charge in [-0.3, -0.25) is 4.79 Å². The zero-order valence-corrected chi connectivity index (χ0v) is 19.5. The van der Waals surface area contributed by atoms with E-state index in [0.717, 1.165) is 5.56 Å². The highest BCUT2D eigenvalue weighted by Gasteiger charge is 2.31. The van der Waals surface area contributed by atoms with Gasteiger partial charge in [-0.25, -0.2) is 4.98 Å². The largest absolute Gasteiger partial charge is 0.530 e. The molecule has 0 bridgehead atoms. The molecule has 0 unspecified atom stereocenters. The summed E-state index contributed by atoms with van der Waals surface area (Å²) in [5.41, 5.74) is 1.87. The third kappa shape index (κ3) is 4.45. The van der Waals surface area contributed by atoms with Crippen LogP contribution in [0.25, 0.3) is 33.5 Å². The molecule has 2 aromatic carbocycles. The van der Waals surface area contributed by atoms with Gasteiger partial charge in [0, 0.05) is 26.6 Å². The van der Waals surface area contributed by atoms with E-state index in [0.29, 0.717) is 32.3 Å². The minimum Gasteiger partial charge on any atom is -0.530 e. The number of anilines is 1. The molecule has 6 nitrogen and oxygen atoms in total. The Labute approximate surface area is 200 Å². The van der Waals surface area contributed by atoms with Gasteiger partial charge >= 0.3 is 0 Å².